The molecule has 0 amide bonds. The smallest absolute Gasteiger partial charge is 0.173 e. The molecule has 1 aliphatic carbocycles. The topological polar surface area (TPSA) is 15.3 Å². The maximum atomic E-state index is 6.22. The molecule has 2 aliphatic rings. The van der Waals surface area contributed by atoms with Gasteiger partial charge in [-0.1, -0.05) is 36.0 Å². The van der Waals surface area contributed by atoms with Gasteiger partial charge in [-0.25, -0.2) is 0 Å². The number of rotatable bonds is 1. The molecule has 1 aromatic carbocycles. The van der Waals surface area contributed by atoms with Crippen LogP contribution in [0.15, 0.2) is 18.2 Å². The summed E-state index contributed by atoms with van der Waals surface area (Å²) in [7, 11) is 0. The Labute approximate surface area is 141 Å². The molecule has 0 radical (unpaired) electrons. The molecule has 1 heterocycles. The molecule has 114 valence electrons. The van der Waals surface area contributed by atoms with Crippen molar-refractivity contribution in [2.75, 3.05) is 11.9 Å². The first-order valence-electron chi connectivity index (χ1n) is 7.68. The van der Waals surface area contributed by atoms with Gasteiger partial charge in [-0.15, -0.1) is 0 Å². The normalized spacial score (nSPS) is 25.3. The van der Waals surface area contributed by atoms with Crippen LogP contribution in [0.2, 0.25) is 10.0 Å². The standard InChI is InChI=1S/C16H20Cl2N2S/c17-12-7-8-14(13(18)10-12)19-16(21)20-9-3-5-11-4-1-2-6-15(11)20/h7-8,10-11,15H,1-6,9H2,(H,19,21). The predicted octanol–water partition coefficient (Wildman–Crippen LogP) is 5.34. The molecule has 1 aromatic rings. The van der Waals surface area contributed by atoms with Crippen molar-refractivity contribution in [1.82, 2.24) is 4.90 Å². The third kappa shape index (κ3) is 3.46. The molecule has 3 rings (SSSR count). The van der Waals surface area contributed by atoms with Crippen LogP contribution < -0.4 is 5.32 Å². The highest BCUT2D eigenvalue weighted by atomic mass is 35.5. The van der Waals surface area contributed by atoms with Crippen molar-refractivity contribution in [1.29, 1.82) is 0 Å². The zero-order valence-corrected chi connectivity index (χ0v) is 14.3. The summed E-state index contributed by atoms with van der Waals surface area (Å²) in [6.07, 6.45) is 7.90. The molecular weight excluding hydrogens is 323 g/mol. The highest BCUT2D eigenvalue weighted by molar-refractivity contribution is 7.80. The minimum absolute atomic E-state index is 0.610. The van der Waals surface area contributed by atoms with E-state index in [0.29, 0.717) is 16.1 Å². The van der Waals surface area contributed by atoms with E-state index in [2.05, 4.69) is 10.2 Å². The molecular formula is C16H20Cl2N2S. The van der Waals surface area contributed by atoms with E-state index in [1.807, 2.05) is 12.1 Å². The number of hydrogen-bond acceptors (Lipinski definition) is 1. The second kappa shape index (κ2) is 6.72. The molecule has 1 N–H and O–H groups in total. The average molecular weight is 343 g/mol. The molecule has 0 bridgehead atoms. The Bertz CT molecular complexity index is 533. The first-order valence-corrected chi connectivity index (χ1v) is 8.84. The second-order valence-electron chi connectivity index (χ2n) is 6.00. The third-order valence-corrected chi connectivity index (χ3v) is 5.56. The van der Waals surface area contributed by atoms with Gasteiger partial charge in [0.1, 0.15) is 0 Å². The van der Waals surface area contributed by atoms with E-state index in [1.54, 1.807) is 6.07 Å². The van der Waals surface area contributed by atoms with Gasteiger partial charge in [-0.3, -0.25) is 0 Å². The van der Waals surface area contributed by atoms with Gasteiger partial charge in [-0.2, -0.15) is 0 Å². The van der Waals surface area contributed by atoms with Gasteiger partial charge in [0.25, 0.3) is 0 Å². The minimum atomic E-state index is 0.610. The van der Waals surface area contributed by atoms with Gasteiger partial charge < -0.3 is 10.2 Å². The van der Waals surface area contributed by atoms with Gasteiger partial charge >= 0.3 is 0 Å². The van der Waals surface area contributed by atoms with E-state index in [9.17, 15) is 0 Å². The molecule has 0 aromatic heterocycles. The SMILES string of the molecule is S=C(Nc1ccc(Cl)cc1Cl)N1CCCC2CCCCC21. The lowest BCUT2D eigenvalue weighted by atomic mass is 9.78. The number of halogens is 2. The molecule has 1 saturated carbocycles. The number of hydrogen-bond donors (Lipinski definition) is 1. The molecule has 21 heavy (non-hydrogen) atoms. The van der Waals surface area contributed by atoms with E-state index in [1.165, 1.54) is 38.5 Å². The highest BCUT2D eigenvalue weighted by Gasteiger charge is 2.34. The van der Waals surface area contributed by atoms with Crippen molar-refractivity contribution in [3.8, 4) is 0 Å². The number of nitrogens with one attached hydrogen (secondary N) is 1. The van der Waals surface area contributed by atoms with E-state index >= 15 is 0 Å². The number of benzene rings is 1. The number of piperidine rings is 1. The van der Waals surface area contributed by atoms with Gasteiger partial charge in [-0.05, 0) is 62.0 Å². The van der Waals surface area contributed by atoms with Gasteiger partial charge in [0.05, 0.1) is 10.7 Å². The Balaban J connectivity index is 1.71. The molecule has 1 aliphatic heterocycles. The predicted molar refractivity (Wildman–Crippen MR) is 94.4 cm³/mol. The van der Waals surface area contributed by atoms with E-state index in [0.717, 1.165) is 23.3 Å². The van der Waals surface area contributed by atoms with Crippen LogP contribution in [0, 0.1) is 5.92 Å². The van der Waals surface area contributed by atoms with Gasteiger partial charge in [0.2, 0.25) is 0 Å². The molecule has 2 atom stereocenters. The Morgan fingerprint density at radius 1 is 1.14 bits per heavy atom. The summed E-state index contributed by atoms with van der Waals surface area (Å²) < 4.78 is 0. The number of thiocarbonyl (C=S) groups is 1. The monoisotopic (exact) mass is 342 g/mol. The van der Waals surface area contributed by atoms with Crippen LogP contribution in [0.3, 0.4) is 0 Å². The fourth-order valence-corrected chi connectivity index (χ4v) is 4.45. The van der Waals surface area contributed by atoms with E-state index in [-0.39, 0.29) is 0 Å². The summed E-state index contributed by atoms with van der Waals surface area (Å²) in [6, 6.07) is 6.07. The summed E-state index contributed by atoms with van der Waals surface area (Å²) in [5.41, 5.74) is 0.837. The lowest BCUT2D eigenvalue weighted by molar-refractivity contribution is 0.121. The zero-order chi connectivity index (χ0) is 14.8. The average Bonchev–Trinajstić information content (AvgIpc) is 2.49. The summed E-state index contributed by atoms with van der Waals surface area (Å²) in [5.74, 6) is 0.813. The largest absolute Gasteiger partial charge is 0.346 e. The third-order valence-electron chi connectivity index (χ3n) is 4.68. The summed E-state index contributed by atoms with van der Waals surface area (Å²) in [4.78, 5) is 2.38. The number of likely N-dealkylation sites (tertiary alicyclic amines) is 1. The summed E-state index contributed by atoms with van der Waals surface area (Å²) in [5, 5.41) is 5.36. The summed E-state index contributed by atoms with van der Waals surface area (Å²) >= 11 is 17.8. The summed E-state index contributed by atoms with van der Waals surface area (Å²) in [6.45, 7) is 1.05. The first kappa shape index (κ1) is 15.4. The molecule has 0 spiro atoms. The van der Waals surface area contributed by atoms with Crippen LogP contribution in [0.5, 0.6) is 0 Å². The molecule has 5 heteroatoms. The maximum absolute atomic E-state index is 6.22. The minimum Gasteiger partial charge on any atom is -0.346 e. The van der Waals surface area contributed by atoms with Gasteiger partial charge in [0.15, 0.2) is 5.11 Å². The zero-order valence-electron chi connectivity index (χ0n) is 11.9. The fourth-order valence-electron chi connectivity index (χ4n) is 3.65. The highest BCUT2D eigenvalue weighted by Crippen LogP contribution is 2.36. The molecule has 2 unspecified atom stereocenters. The van der Waals surface area contributed by atoms with Crippen molar-refractivity contribution in [2.24, 2.45) is 5.92 Å². The Morgan fingerprint density at radius 3 is 2.71 bits per heavy atom. The Kier molecular flexibility index (Phi) is 4.92. The van der Waals surface area contributed by atoms with Crippen molar-refractivity contribution in [3.05, 3.63) is 28.2 Å². The van der Waals surface area contributed by atoms with Crippen LogP contribution in [0.25, 0.3) is 0 Å². The van der Waals surface area contributed by atoms with Crippen LogP contribution >= 0.6 is 35.4 Å². The first-order chi connectivity index (χ1) is 10.1. The quantitative estimate of drug-likeness (QED) is 0.693. The Hall–Kier alpha value is -0.510. The lowest BCUT2D eigenvalue weighted by Gasteiger charge is -2.45. The van der Waals surface area contributed by atoms with Gasteiger partial charge in [0, 0.05) is 17.6 Å². The van der Waals surface area contributed by atoms with Crippen molar-refractivity contribution < 1.29 is 0 Å². The molecule has 2 nitrogen and oxygen atoms in total. The van der Waals surface area contributed by atoms with Crippen LogP contribution in [-0.4, -0.2) is 22.6 Å². The fraction of sp³-hybridized carbons (Fsp3) is 0.562. The van der Waals surface area contributed by atoms with Crippen LogP contribution in [0.4, 0.5) is 5.69 Å². The second-order valence-corrected chi connectivity index (χ2v) is 7.23. The Morgan fingerprint density at radius 2 is 1.90 bits per heavy atom. The van der Waals surface area contributed by atoms with Crippen molar-refractivity contribution >= 4 is 46.2 Å². The van der Waals surface area contributed by atoms with E-state index < -0.39 is 0 Å². The van der Waals surface area contributed by atoms with E-state index in [4.69, 9.17) is 35.4 Å². The van der Waals surface area contributed by atoms with Crippen LogP contribution in [0.1, 0.15) is 38.5 Å². The number of nitrogens with zero attached hydrogens (tertiary/aromatic N) is 1. The van der Waals surface area contributed by atoms with Crippen molar-refractivity contribution in [2.45, 2.75) is 44.6 Å². The molecule has 1 saturated heterocycles. The molecule has 2 fully saturated rings. The lowest BCUT2D eigenvalue weighted by Crippen LogP contribution is -2.51. The van der Waals surface area contributed by atoms with Crippen LogP contribution in [-0.2, 0) is 0 Å². The number of fused-ring (bicyclic) bond motifs is 1. The number of anilines is 1. The van der Waals surface area contributed by atoms with Crippen molar-refractivity contribution in [3.63, 3.8) is 0 Å². The maximum Gasteiger partial charge on any atom is 0.173 e.